The monoisotopic (exact) mass is 268 g/mol. The Balaban J connectivity index is 2.03. The Hall–Kier alpha value is -1.10. The maximum Gasteiger partial charge on any atom is 0.311 e. The summed E-state index contributed by atoms with van der Waals surface area (Å²) in [5.74, 6) is -0.574. The van der Waals surface area contributed by atoms with Crippen molar-refractivity contribution >= 4 is 11.9 Å². The van der Waals surface area contributed by atoms with Gasteiger partial charge in [-0.25, -0.2) is 0 Å². The molecule has 0 bridgehead atoms. The third-order valence-corrected chi connectivity index (χ3v) is 4.67. The first kappa shape index (κ1) is 14.3. The molecule has 108 valence electrons. The van der Waals surface area contributed by atoms with Crippen molar-refractivity contribution < 1.29 is 14.7 Å². The van der Waals surface area contributed by atoms with Crippen molar-refractivity contribution in [2.45, 2.75) is 39.0 Å². The third kappa shape index (κ3) is 2.91. The van der Waals surface area contributed by atoms with Crippen molar-refractivity contribution in [2.24, 2.45) is 11.3 Å². The fraction of sp³-hybridized carbons (Fsp3) is 0.857. The average Bonchev–Trinajstić information content (AvgIpc) is 2.47. The molecular weight excluding hydrogens is 244 g/mol. The summed E-state index contributed by atoms with van der Waals surface area (Å²) >= 11 is 0. The molecule has 19 heavy (non-hydrogen) atoms. The minimum atomic E-state index is -0.755. The molecule has 5 heteroatoms. The van der Waals surface area contributed by atoms with Gasteiger partial charge in [0.1, 0.15) is 0 Å². The van der Waals surface area contributed by atoms with Gasteiger partial charge in [0.25, 0.3) is 0 Å². The molecule has 2 N–H and O–H groups in total. The van der Waals surface area contributed by atoms with E-state index in [1.807, 2.05) is 6.92 Å². The molecule has 2 atom stereocenters. The number of nitrogens with one attached hydrogen (secondary N) is 1. The third-order valence-electron chi connectivity index (χ3n) is 4.67. The minimum Gasteiger partial charge on any atom is -0.481 e. The molecule has 0 spiro atoms. The molecule has 2 rings (SSSR count). The zero-order chi connectivity index (χ0) is 13.9. The molecule has 0 aromatic heterocycles. The molecular formula is C14H24N2O3. The van der Waals surface area contributed by atoms with E-state index < -0.39 is 11.4 Å². The SMILES string of the molecule is CCC1(C(=O)O)CCCN(C(=O)[C@H]2CCCNC2)C1. The van der Waals surface area contributed by atoms with E-state index in [0.717, 1.165) is 32.4 Å². The van der Waals surface area contributed by atoms with Crippen LogP contribution in [0.5, 0.6) is 0 Å². The first-order valence-corrected chi connectivity index (χ1v) is 7.32. The van der Waals surface area contributed by atoms with E-state index in [-0.39, 0.29) is 11.8 Å². The molecule has 2 fully saturated rings. The van der Waals surface area contributed by atoms with Gasteiger partial charge in [-0.05, 0) is 38.6 Å². The molecule has 0 saturated carbocycles. The van der Waals surface area contributed by atoms with Crippen molar-refractivity contribution in [1.29, 1.82) is 0 Å². The number of rotatable bonds is 3. The topological polar surface area (TPSA) is 69.6 Å². The Bertz CT molecular complexity index is 353. The van der Waals surface area contributed by atoms with Crippen LogP contribution >= 0.6 is 0 Å². The van der Waals surface area contributed by atoms with Gasteiger partial charge in [-0.2, -0.15) is 0 Å². The fourth-order valence-electron chi connectivity index (χ4n) is 3.26. The molecule has 2 heterocycles. The predicted molar refractivity (Wildman–Crippen MR) is 71.8 cm³/mol. The van der Waals surface area contributed by atoms with Crippen LogP contribution in [0.15, 0.2) is 0 Å². The number of hydrogen-bond acceptors (Lipinski definition) is 3. The second-order valence-corrected chi connectivity index (χ2v) is 5.85. The lowest BCUT2D eigenvalue weighted by atomic mass is 9.77. The van der Waals surface area contributed by atoms with Crippen molar-refractivity contribution in [3.63, 3.8) is 0 Å². The van der Waals surface area contributed by atoms with Gasteiger partial charge in [0.15, 0.2) is 0 Å². The van der Waals surface area contributed by atoms with Crippen LogP contribution in [0.25, 0.3) is 0 Å². The van der Waals surface area contributed by atoms with Crippen LogP contribution in [0, 0.1) is 11.3 Å². The summed E-state index contributed by atoms with van der Waals surface area (Å²) in [6.45, 7) is 4.72. The molecule has 0 radical (unpaired) electrons. The summed E-state index contributed by atoms with van der Waals surface area (Å²) in [7, 11) is 0. The van der Waals surface area contributed by atoms with Crippen molar-refractivity contribution in [3.8, 4) is 0 Å². The molecule has 0 aromatic rings. The Morgan fingerprint density at radius 1 is 1.42 bits per heavy atom. The highest BCUT2D eigenvalue weighted by Gasteiger charge is 2.43. The van der Waals surface area contributed by atoms with Crippen LogP contribution in [0.2, 0.25) is 0 Å². The van der Waals surface area contributed by atoms with E-state index in [9.17, 15) is 14.7 Å². The smallest absolute Gasteiger partial charge is 0.311 e. The van der Waals surface area contributed by atoms with Crippen LogP contribution in [-0.2, 0) is 9.59 Å². The first-order valence-electron chi connectivity index (χ1n) is 7.32. The van der Waals surface area contributed by atoms with Gasteiger partial charge in [0.2, 0.25) is 5.91 Å². The average molecular weight is 268 g/mol. The maximum atomic E-state index is 12.5. The van der Waals surface area contributed by atoms with Gasteiger partial charge in [-0.15, -0.1) is 0 Å². The van der Waals surface area contributed by atoms with Gasteiger partial charge in [-0.1, -0.05) is 6.92 Å². The Labute approximate surface area is 114 Å². The second kappa shape index (κ2) is 5.90. The number of piperidine rings is 2. The Kier molecular flexibility index (Phi) is 4.45. The van der Waals surface area contributed by atoms with Crippen LogP contribution in [0.3, 0.4) is 0 Å². The van der Waals surface area contributed by atoms with Crippen LogP contribution in [-0.4, -0.2) is 48.1 Å². The lowest BCUT2D eigenvalue weighted by Gasteiger charge is -2.41. The number of amides is 1. The van der Waals surface area contributed by atoms with Crippen molar-refractivity contribution in [2.75, 3.05) is 26.2 Å². The second-order valence-electron chi connectivity index (χ2n) is 5.85. The van der Waals surface area contributed by atoms with Crippen LogP contribution in [0.1, 0.15) is 39.0 Å². The number of carboxylic acid groups (broad SMARTS) is 1. The molecule has 5 nitrogen and oxygen atoms in total. The Morgan fingerprint density at radius 2 is 2.21 bits per heavy atom. The van der Waals surface area contributed by atoms with Gasteiger partial charge in [0.05, 0.1) is 11.3 Å². The maximum absolute atomic E-state index is 12.5. The number of likely N-dealkylation sites (tertiary alicyclic amines) is 1. The van der Waals surface area contributed by atoms with Gasteiger partial charge in [-0.3, -0.25) is 9.59 Å². The Morgan fingerprint density at radius 3 is 2.79 bits per heavy atom. The summed E-state index contributed by atoms with van der Waals surface area (Å²) in [4.78, 5) is 25.8. The number of hydrogen-bond donors (Lipinski definition) is 2. The molecule has 1 unspecified atom stereocenters. The normalized spacial score (nSPS) is 32.1. The summed E-state index contributed by atoms with van der Waals surface area (Å²) in [5.41, 5.74) is -0.726. The molecule has 2 aliphatic rings. The molecule has 2 aliphatic heterocycles. The number of carboxylic acids is 1. The van der Waals surface area contributed by atoms with E-state index in [1.165, 1.54) is 0 Å². The van der Waals surface area contributed by atoms with Crippen LogP contribution < -0.4 is 5.32 Å². The molecule has 2 saturated heterocycles. The van der Waals surface area contributed by atoms with Crippen LogP contribution in [0.4, 0.5) is 0 Å². The number of nitrogens with zero attached hydrogens (tertiary/aromatic N) is 1. The van der Waals surface area contributed by atoms with E-state index in [0.29, 0.717) is 25.9 Å². The number of carbonyl (C=O) groups is 2. The molecule has 0 aromatic carbocycles. The summed E-state index contributed by atoms with van der Waals surface area (Å²) < 4.78 is 0. The standard InChI is InChI=1S/C14H24N2O3/c1-2-14(13(18)19)6-4-8-16(10-14)12(17)11-5-3-7-15-9-11/h11,15H,2-10H2,1H3,(H,18,19)/t11-,14?/m0/s1. The highest BCUT2D eigenvalue weighted by molar-refractivity contribution is 5.81. The highest BCUT2D eigenvalue weighted by atomic mass is 16.4. The largest absolute Gasteiger partial charge is 0.481 e. The van der Waals surface area contributed by atoms with Crippen molar-refractivity contribution in [1.82, 2.24) is 10.2 Å². The number of carbonyl (C=O) groups excluding carboxylic acids is 1. The van der Waals surface area contributed by atoms with Crippen molar-refractivity contribution in [3.05, 3.63) is 0 Å². The van der Waals surface area contributed by atoms with Gasteiger partial charge >= 0.3 is 5.97 Å². The summed E-state index contributed by atoms with van der Waals surface area (Å²) in [6, 6.07) is 0. The lowest BCUT2D eigenvalue weighted by molar-refractivity contribution is -0.156. The van der Waals surface area contributed by atoms with Gasteiger partial charge in [0, 0.05) is 19.6 Å². The van der Waals surface area contributed by atoms with E-state index >= 15 is 0 Å². The zero-order valence-electron chi connectivity index (χ0n) is 11.7. The zero-order valence-corrected chi connectivity index (χ0v) is 11.7. The number of aliphatic carboxylic acids is 1. The molecule has 1 amide bonds. The van der Waals surface area contributed by atoms with E-state index in [4.69, 9.17) is 0 Å². The summed E-state index contributed by atoms with van der Waals surface area (Å²) in [6.07, 6.45) is 4.03. The van der Waals surface area contributed by atoms with Gasteiger partial charge < -0.3 is 15.3 Å². The highest BCUT2D eigenvalue weighted by Crippen LogP contribution is 2.34. The van der Waals surface area contributed by atoms with E-state index in [1.54, 1.807) is 4.90 Å². The quantitative estimate of drug-likeness (QED) is 0.804. The fourth-order valence-corrected chi connectivity index (χ4v) is 3.26. The predicted octanol–water partition coefficient (Wildman–Crippen LogP) is 1.09. The lowest BCUT2D eigenvalue weighted by Crippen LogP contribution is -2.52. The first-order chi connectivity index (χ1) is 9.09. The molecule has 0 aliphatic carbocycles. The van der Waals surface area contributed by atoms with E-state index in [2.05, 4.69) is 5.32 Å². The minimum absolute atomic E-state index is 0.0372. The summed E-state index contributed by atoms with van der Waals surface area (Å²) in [5, 5.41) is 12.7.